The standard InChI is InChI=1S/C9H3F9O/c10-4-2-6(12)5(11)1-3(4)7(19,8(13,14)15)9(16,17)18/h1-2,19H. The normalized spacial score (nSPS) is 13.8. The quantitative estimate of drug-likeness (QED) is 0.622. The van der Waals surface area contributed by atoms with Gasteiger partial charge in [-0.15, -0.1) is 0 Å². The molecule has 10 heteroatoms. The summed E-state index contributed by atoms with van der Waals surface area (Å²) in [5.74, 6) is -6.53. The first-order valence-corrected chi connectivity index (χ1v) is 4.33. The molecular weight excluding hydrogens is 295 g/mol. The minimum absolute atomic E-state index is 0.521. The lowest BCUT2D eigenvalue weighted by Gasteiger charge is -2.32. The van der Waals surface area contributed by atoms with Gasteiger partial charge < -0.3 is 5.11 Å². The fourth-order valence-corrected chi connectivity index (χ4v) is 1.27. The molecule has 1 aromatic carbocycles. The van der Waals surface area contributed by atoms with E-state index in [0.29, 0.717) is 0 Å². The van der Waals surface area contributed by atoms with Crippen LogP contribution in [0, 0.1) is 17.5 Å². The number of alkyl halides is 6. The SMILES string of the molecule is OC(c1cc(F)c(F)cc1F)(C(F)(F)F)C(F)(F)F. The van der Waals surface area contributed by atoms with Gasteiger partial charge in [0.25, 0.3) is 5.60 Å². The maximum absolute atomic E-state index is 13.0. The van der Waals surface area contributed by atoms with Crippen LogP contribution in [0.25, 0.3) is 0 Å². The molecule has 0 aromatic heterocycles. The minimum atomic E-state index is -6.38. The van der Waals surface area contributed by atoms with Crippen LogP contribution < -0.4 is 0 Å². The van der Waals surface area contributed by atoms with Crippen LogP contribution in [0.15, 0.2) is 12.1 Å². The van der Waals surface area contributed by atoms with Crippen molar-refractivity contribution in [2.75, 3.05) is 0 Å². The van der Waals surface area contributed by atoms with E-state index in [9.17, 15) is 39.5 Å². The molecule has 1 rings (SSSR count). The third-order valence-electron chi connectivity index (χ3n) is 2.22. The summed E-state index contributed by atoms with van der Waals surface area (Å²) in [4.78, 5) is 0. The van der Waals surface area contributed by atoms with Gasteiger partial charge in [0, 0.05) is 11.6 Å². The highest BCUT2D eigenvalue weighted by atomic mass is 19.4. The molecular formula is C9H3F9O. The van der Waals surface area contributed by atoms with Crippen LogP contribution in [0.4, 0.5) is 39.5 Å². The fraction of sp³-hybridized carbons (Fsp3) is 0.333. The zero-order chi connectivity index (χ0) is 15.2. The second-order valence-corrected chi connectivity index (χ2v) is 3.45. The van der Waals surface area contributed by atoms with Crippen LogP contribution in [-0.2, 0) is 5.60 Å². The molecule has 0 heterocycles. The predicted molar refractivity (Wildman–Crippen MR) is 42.3 cm³/mol. The lowest BCUT2D eigenvalue weighted by Crippen LogP contribution is -2.54. The minimum Gasteiger partial charge on any atom is -0.369 e. The molecule has 19 heavy (non-hydrogen) atoms. The molecule has 1 nitrogen and oxygen atoms in total. The topological polar surface area (TPSA) is 20.2 Å². The summed E-state index contributed by atoms with van der Waals surface area (Å²) in [6, 6.07) is -1.21. The van der Waals surface area contributed by atoms with E-state index in [-0.39, 0.29) is 0 Å². The van der Waals surface area contributed by atoms with E-state index in [1.807, 2.05) is 0 Å². The summed E-state index contributed by atoms with van der Waals surface area (Å²) in [6.45, 7) is 0. The van der Waals surface area contributed by atoms with Crippen LogP contribution in [0.2, 0.25) is 0 Å². The highest BCUT2D eigenvalue weighted by Crippen LogP contribution is 2.50. The van der Waals surface area contributed by atoms with Gasteiger partial charge in [0.2, 0.25) is 0 Å². The lowest BCUT2D eigenvalue weighted by atomic mass is 9.91. The van der Waals surface area contributed by atoms with Crippen molar-refractivity contribution in [2.45, 2.75) is 18.0 Å². The van der Waals surface area contributed by atoms with Crippen LogP contribution >= 0.6 is 0 Å². The van der Waals surface area contributed by atoms with E-state index in [1.54, 1.807) is 0 Å². The van der Waals surface area contributed by atoms with Crippen LogP contribution in [0.3, 0.4) is 0 Å². The summed E-state index contributed by atoms with van der Waals surface area (Å²) in [5.41, 5.74) is -8.11. The zero-order valence-electron chi connectivity index (χ0n) is 8.50. The second-order valence-electron chi connectivity index (χ2n) is 3.45. The average Bonchev–Trinajstić information content (AvgIpc) is 2.19. The first-order valence-electron chi connectivity index (χ1n) is 4.33. The summed E-state index contributed by atoms with van der Waals surface area (Å²) in [6.07, 6.45) is -12.8. The highest BCUT2D eigenvalue weighted by molar-refractivity contribution is 5.29. The Morgan fingerprint density at radius 3 is 1.42 bits per heavy atom. The molecule has 0 radical (unpaired) electrons. The van der Waals surface area contributed by atoms with Gasteiger partial charge in [-0.1, -0.05) is 0 Å². The molecule has 0 aliphatic heterocycles. The van der Waals surface area contributed by atoms with E-state index >= 15 is 0 Å². The Morgan fingerprint density at radius 2 is 1.05 bits per heavy atom. The Balaban J connectivity index is 3.66. The largest absolute Gasteiger partial charge is 0.430 e. The van der Waals surface area contributed by atoms with E-state index < -0.39 is 53.1 Å². The Morgan fingerprint density at radius 1 is 0.684 bits per heavy atom. The molecule has 1 N–H and O–H groups in total. The fourth-order valence-electron chi connectivity index (χ4n) is 1.27. The zero-order valence-corrected chi connectivity index (χ0v) is 8.50. The van der Waals surface area contributed by atoms with Crippen molar-refractivity contribution in [3.63, 3.8) is 0 Å². The highest BCUT2D eigenvalue weighted by Gasteiger charge is 2.72. The molecule has 0 saturated heterocycles. The van der Waals surface area contributed by atoms with Crippen molar-refractivity contribution in [3.8, 4) is 0 Å². The average molecular weight is 298 g/mol. The van der Waals surface area contributed by atoms with Gasteiger partial charge >= 0.3 is 12.4 Å². The molecule has 0 unspecified atom stereocenters. The second kappa shape index (κ2) is 4.29. The van der Waals surface area contributed by atoms with Crippen molar-refractivity contribution < 1.29 is 44.6 Å². The summed E-state index contributed by atoms with van der Waals surface area (Å²) < 4.78 is 112. The van der Waals surface area contributed by atoms with E-state index in [0.717, 1.165) is 0 Å². The molecule has 0 amide bonds. The van der Waals surface area contributed by atoms with E-state index in [1.165, 1.54) is 0 Å². The van der Waals surface area contributed by atoms with Crippen molar-refractivity contribution in [2.24, 2.45) is 0 Å². The van der Waals surface area contributed by atoms with Crippen molar-refractivity contribution in [1.29, 1.82) is 0 Å². The maximum atomic E-state index is 13.0. The number of benzene rings is 1. The third kappa shape index (κ3) is 2.36. The third-order valence-corrected chi connectivity index (χ3v) is 2.22. The Hall–Kier alpha value is -1.45. The first kappa shape index (κ1) is 15.6. The van der Waals surface area contributed by atoms with Crippen LogP contribution in [0.5, 0.6) is 0 Å². The molecule has 0 bridgehead atoms. The molecule has 0 aliphatic carbocycles. The van der Waals surface area contributed by atoms with E-state index in [2.05, 4.69) is 0 Å². The molecule has 0 fully saturated rings. The Kier molecular flexibility index (Phi) is 3.52. The smallest absolute Gasteiger partial charge is 0.369 e. The van der Waals surface area contributed by atoms with Gasteiger partial charge in [-0.3, -0.25) is 0 Å². The van der Waals surface area contributed by atoms with Gasteiger partial charge in [0.1, 0.15) is 5.82 Å². The van der Waals surface area contributed by atoms with Crippen molar-refractivity contribution >= 4 is 0 Å². The van der Waals surface area contributed by atoms with Gasteiger partial charge in [-0.05, 0) is 6.07 Å². The Bertz CT molecular complexity index is 474. The van der Waals surface area contributed by atoms with Crippen molar-refractivity contribution in [3.05, 3.63) is 35.1 Å². The summed E-state index contributed by atoms with van der Waals surface area (Å²) in [7, 11) is 0. The summed E-state index contributed by atoms with van der Waals surface area (Å²) in [5, 5.41) is 8.77. The van der Waals surface area contributed by atoms with Gasteiger partial charge in [0.15, 0.2) is 11.6 Å². The predicted octanol–water partition coefficient (Wildman–Crippen LogP) is 3.42. The molecule has 0 atom stereocenters. The number of halogens is 9. The summed E-state index contributed by atoms with van der Waals surface area (Å²) >= 11 is 0. The van der Waals surface area contributed by atoms with Crippen molar-refractivity contribution in [1.82, 2.24) is 0 Å². The molecule has 1 aromatic rings. The number of hydrogen-bond donors (Lipinski definition) is 1. The number of aliphatic hydroxyl groups is 1. The number of hydrogen-bond acceptors (Lipinski definition) is 1. The van der Waals surface area contributed by atoms with Gasteiger partial charge in [0.05, 0.1) is 0 Å². The molecule has 0 aliphatic rings. The van der Waals surface area contributed by atoms with Gasteiger partial charge in [-0.2, -0.15) is 26.3 Å². The Labute approximate surface area is 98.8 Å². The lowest BCUT2D eigenvalue weighted by molar-refractivity contribution is -0.377. The number of rotatable bonds is 1. The van der Waals surface area contributed by atoms with Crippen LogP contribution in [-0.4, -0.2) is 17.5 Å². The molecule has 0 saturated carbocycles. The first-order chi connectivity index (χ1) is 8.32. The molecule has 108 valence electrons. The monoisotopic (exact) mass is 298 g/mol. The maximum Gasteiger partial charge on any atom is 0.430 e. The van der Waals surface area contributed by atoms with E-state index in [4.69, 9.17) is 5.11 Å². The van der Waals surface area contributed by atoms with Gasteiger partial charge in [-0.25, -0.2) is 13.2 Å². The molecule has 0 spiro atoms. The van der Waals surface area contributed by atoms with Crippen LogP contribution in [0.1, 0.15) is 5.56 Å².